The zero-order chi connectivity index (χ0) is 13.7. The first-order chi connectivity index (χ1) is 9.19. The fourth-order valence-corrected chi connectivity index (χ4v) is 1.82. The van der Waals surface area contributed by atoms with E-state index in [1.807, 2.05) is 31.2 Å². The van der Waals surface area contributed by atoms with E-state index < -0.39 is 0 Å². The lowest BCUT2D eigenvalue weighted by atomic mass is 10.1. The summed E-state index contributed by atoms with van der Waals surface area (Å²) in [4.78, 5) is 11.9. The molecule has 0 aromatic heterocycles. The van der Waals surface area contributed by atoms with Crippen molar-refractivity contribution < 1.29 is 9.90 Å². The molecule has 2 rings (SSSR count). The van der Waals surface area contributed by atoms with Gasteiger partial charge in [0, 0.05) is 17.4 Å². The second-order valence-electron chi connectivity index (χ2n) is 4.14. The largest absolute Gasteiger partial charge is 0.508 e. The molecule has 0 unspecified atom stereocenters. The fraction of sp³-hybridized carbons (Fsp3) is 0.133. The lowest BCUT2D eigenvalue weighted by molar-refractivity contribution is 0.262. The van der Waals surface area contributed by atoms with Crippen LogP contribution in [0.1, 0.15) is 12.5 Å². The van der Waals surface area contributed by atoms with Crippen molar-refractivity contribution in [3.05, 3.63) is 54.1 Å². The summed E-state index contributed by atoms with van der Waals surface area (Å²) in [7, 11) is 0. The number of phenolic OH excluding ortho intramolecular Hbond substituents is 1. The molecule has 4 nitrogen and oxygen atoms in total. The number of carbonyl (C=O) groups is 1. The van der Waals surface area contributed by atoms with E-state index in [1.165, 1.54) is 6.07 Å². The maximum atomic E-state index is 11.9. The predicted octanol–water partition coefficient (Wildman–Crippen LogP) is 3.60. The number of aromatic hydroxyl groups is 1. The maximum Gasteiger partial charge on any atom is 0.323 e. The third-order valence-electron chi connectivity index (χ3n) is 2.75. The molecule has 19 heavy (non-hydrogen) atoms. The van der Waals surface area contributed by atoms with Crippen LogP contribution in [-0.4, -0.2) is 11.1 Å². The minimum atomic E-state index is -0.327. The van der Waals surface area contributed by atoms with Crippen LogP contribution in [0.5, 0.6) is 5.75 Å². The quantitative estimate of drug-likeness (QED) is 0.785. The maximum absolute atomic E-state index is 11.9. The SMILES string of the molecule is CCc1ccccc1NC(=O)Nc1cccc(O)c1. The summed E-state index contributed by atoms with van der Waals surface area (Å²) in [6, 6.07) is 13.8. The third-order valence-corrected chi connectivity index (χ3v) is 2.75. The van der Waals surface area contributed by atoms with Crippen LogP contribution in [0.3, 0.4) is 0 Å². The van der Waals surface area contributed by atoms with E-state index >= 15 is 0 Å². The number of benzene rings is 2. The highest BCUT2D eigenvalue weighted by molar-refractivity contribution is 6.00. The summed E-state index contributed by atoms with van der Waals surface area (Å²) in [5.41, 5.74) is 2.42. The Labute approximate surface area is 112 Å². The summed E-state index contributed by atoms with van der Waals surface area (Å²) in [6.45, 7) is 2.04. The average Bonchev–Trinajstić information content (AvgIpc) is 2.39. The van der Waals surface area contributed by atoms with Crippen LogP contribution in [0.2, 0.25) is 0 Å². The predicted molar refractivity (Wildman–Crippen MR) is 76.6 cm³/mol. The van der Waals surface area contributed by atoms with Crippen molar-refractivity contribution >= 4 is 17.4 Å². The van der Waals surface area contributed by atoms with E-state index in [0.717, 1.165) is 17.7 Å². The van der Waals surface area contributed by atoms with E-state index in [0.29, 0.717) is 5.69 Å². The van der Waals surface area contributed by atoms with Gasteiger partial charge in [0.1, 0.15) is 5.75 Å². The summed E-state index contributed by atoms with van der Waals surface area (Å²) in [5, 5.41) is 14.8. The number of aryl methyl sites for hydroxylation is 1. The third kappa shape index (κ3) is 3.48. The number of carbonyl (C=O) groups excluding carboxylic acids is 1. The number of nitrogens with one attached hydrogen (secondary N) is 2. The Morgan fingerprint density at radius 3 is 2.63 bits per heavy atom. The molecule has 0 aliphatic heterocycles. The molecule has 2 aromatic rings. The Morgan fingerprint density at radius 1 is 1.11 bits per heavy atom. The van der Waals surface area contributed by atoms with Crippen LogP contribution in [0, 0.1) is 0 Å². The molecule has 0 fully saturated rings. The molecule has 0 aliphatic carbocycles. The van der Waals surface area contributed by atoms with Gasteiger partial charge in [-0.25, -0.2) is 4.79 Å². The molecular formula is C15H16N2O2. The first-order valence-electron chi connectivity index (χ1n) is 6.14. The van der Waals surface area contributed by atoms with E-state index in [2.05, 4.69) is 10.6 Å². The molecule has 0 heterocycles. The van der Waals surface area contributed by atoms with Gasteiger partial charge in [0.15, 0.2) is 0 Å². The smallest absolute Gasteiger partial charge is 0.323 e. The number of amides is 2. The van der Waals surface area contributed by atoms with Gasteiger partial charge in [-0.05, 0) is 30.2 Å². The molecule has 0 radical (unpaired) electrons. The van der Waals surface area contributed by atoms with Crippen molar-refractivity contribution in [2.75, 3.05) is 10.6 Å². The molecule has 0 saturated heterocycles. The number of hydrogen-bond acceptors (Lipinski definition) is 2. The number of para-hydroxylation sites is 1. The highest BCUT2D eigenvalue weighted by atomic mass is 16.3. The molecular weight excluding hydrogens is 240 g/mol. The first-order valence-corrected chi connectivity index (χ1v) is 6.14. The minimum absolute atomic E-state index is 0.117. The van der Waals surface area contributed by atoms with Gasteiger partial charge < -0.3 is 15.7 Å². The Hall–Kier alpha value is -2.49. The second kappa shape index (κ2) is 5.91. The van der Waals surface area contributed by atoms with Crippen LogP contribution >= 0.6 is 0 Å². The van der Waals surface area contributed by atoms with Crippen LogP contribution < -0.4 is 10.6 Å². The Kier molecular flexibility index (Phi) is 4.03. The summed E-state index contributed by atoms with van der Waals surface area (Å²) in [6.07, 6.45) is 0.850. The number of anilines is 2. The van der Waals surface area contributed by atoms with Gasteiger partial charge in [-0.2, -0.15) is 0 Å². The van der Waals surface area contributed by atoms with Crippen molar-refractivity contribution in [2.45, 2.75) is 13.3 Å². The van der Waals surface area contributed by atoms with Gasteiger partial charge in [0.25, 0.3) is 0 Å². The number of urea groups is 1. The second-order valence-corrected chi connectivity index (χ2v) is 4.14. The van der Waals surface area contributed by atoms with Crippen molar-refractivity contribution in [3.63, 3.8) is 0 Å². The van der Waals surface area contributed by atoms with Gasteiger partial charge in [-0.1, -0.05) is 31.2 Å². The van der Waals surface area contributed by atoms with Crippen molar-refractivity contribution in [1.29, 1.82) is 0 Å². The van der Waals surface area contributed by atoms with Crippen LogP contribution in [0.4, 0.5) is 16.2 Å². The van der Waals surface area contributed by atoms with Crippen LogP contribution in [-0.2, 0) is 6.42 Å². The van der Waals surface area contributed by atoms with E-state index in [1.54, 1.807) is 18.2 Å². The molecule has 0 atom stereocenters. The molecule has 2 amide bonds. The number of hydrogen-bond donors (Lipinski definition) is 3. The molecule has 0 spiro atoms. The molecule has 98 valence electrons. The number of phenols is 1. The van der Waals surface area contributed by atoms with E-state index in [9.17, 15) is 9.90 Å². The van der Waals surface area contributed by atoms with Gasteiger partial charge in [0.05, 0.1) is 0 Å². The van der Waals surface area contributed by atoms with Crippen molar-refractivity contribution in [2.24, 2.45) is 0 Å². The normalized spacial score (nSPS) is 9.95. The highest BCUT2D eigenvalue weighted by Gasteiger charge is 2.05. The van der Waals surface area contributed by atoms with Crippen LogP contribution in [0.15, 0.2) is 48.5 Å². The topological polar surface area (TPSA) is 61.4 Å². The number of rotatable bonds is 3. The summed E-state index contributed by atoms with van der Waals surface area (Å²) < 4.78 is 0. The molecule has 0 bridgehead atoms. The summed E-state index contributed by atoms with van der Waals surface area (Å²) >= 11 is 0. The molecule has 3 N–H and O–H groups in total. The molecule has 0 aliphatic rings. The summed E-state index contributed by atoms with van der Waals surface area (Å²) in [5.74, 6) is 0.117. The molecule has 4 heteroatoms. The highest BCUT2D eigenvalue weighted by Crippen LogP contribution is 2.18. The standard InChI is InChI=1S/C15H16N2O2/c1-2-11-6-3-4-9-14(11)17-15(19)16-12-7-5-8-13(18)10-12/h3-10,18H,2H2,1H3,(H2,16,17,19). The first kappa shape index (κ1) is 13.0. The van der Waals surface area contributed by atoms with Gasteiger partial charge >= 0.3 is 6.03 Å². The molecule has 2 aromatic carbocycles. The monoisotopic (exact) mass is 256 g/mol. The fourth-order valence-electron chi connectivity index (χ4n) is 1.82. The van der Waals surface area contributed by atoms with Gasteiger partial charge in [-0.3, -0.25) is 0 Å². The lowest BCUT2D eigenvalue weighted by Crippen LogP contribution is -2.20. The lowest BCUT2D eigenvalue weighted by Gasteiger charge is -2.11. The zero-order valence-corrected chi connectivity index (χ0v) is 10.7. The Morgan fingerprint density at radius 2 is 1.89 bits per heavy atom. The average molecular weight is 256 g/mol. The van der Waals surface area contributed by atoms with Crippen molar-refractivity contribution in [3.8, 4) is 5.75 Å². The van der Waals surface area contributed by atoms with E-state index in [4.69, 9.17) is 0 Å². The van der Waals surface area contributed by atoms with Gasteiger partial charge in [0.2, 0.25) is 0 Å². The molecule has 0 saturated carbocycles. The Balaban J connectivity index is 2.05. The Bertz CT molecular complexity index is 582. The van der Waals surface area contributed by atoms with Crippen LogP contribution in [0.25, 0.3) is 0 Å². The zero-order valence-electron chi connectivity index (χ0n) is 10.7. The van der Waals surface area contributed by atoms with Gasteiger partial charge in [-0.15, -0.1) is 0 Å². The van der Waals surface area contributed by atoms with E-state index in [-0.39, 0.29) is 11.8 Å². The van der Waals surface area contributed by atoms with Crippen molar-refractivity contribution in [1.82, 2.24) is 0 Å². The minimum Gasteiger partial charge on any atom is -0.508 e.